The second-order valence-electron chi connectivity index (χ2n) is 8.84. The molecule has 0 radical (unpaired) electrons. The first-order chi connectivity index (χ1) is 16.4. The van der Waals surface area contributed by atoms with Crippen LogP contribution in [0.4, 0.5) is 10.6 Å². The third-order valence-corrected chi connectivity index (χ3v) is 6.15. The van der Waals surface area contributed by atoms with Crippen molar-refractivity contribution in [3.8, 4) is 11.1 Å². The van der Waals surface area contributed by atoms with Gasteiger partial charge in [-0.1, -0.05) is 60.7 Å². The molecule has 8 heteroatoms. The number of benzene rings is 2. The standard InChI is InChI=1S/C26H27N5O3/c1-26(2)31(25(32)33-15-18-9-5-3-6-10-18)20(16-34-26)13-30-14-21(19-11-7-4-8-12-19)22-23(27)28-17-29-24(22)30/h3-12,14,17,20H,13,15-16H2,1-2H3,(H2,27,28,29). The average Bonchev–Trinajstić information content (AvgIpc) is 3.36. The minimum absolute atomic E-state index is 0.202. The Labute approximate surface area is 197 Å². The van der Waals surface area contributed by atoms with Gasteiger partial charge in [0.1, 0.15) is 30.1 Å². The number of amides is 1. The number of nitrogens with zero attached hydrogens (tertiary/aromatic N) is 4. The van der Waals surface area contributed by atoms with Crippen LogP contribution in [0, 0.1) is 0 Å². The van der Waals surface area contributed by atoms with Gasteiger partial charge in [-0.2, -0.15) is 0 Å². The fraction of sp³-hybridized carbons (Fsp3) is 0.269. The summed E-state index contributed by atoms with van der Waals surface area (Å²) in [5.74, 6) is 0.421. The molecule has 1 amide bonds. The van der Waals surface area contributed by atoms with Gasteiger partial charge in [0.05, 0.1) is 18.0 Å². The van der Waals surface area contributed by atoms with Gasteiger partial charge in [-0.15, -0.1) is 0 Å². The predicted octanol–water partition coefficient (Wildman–Crippen LogP) is 4.45. The Morgan fingerprint density at radius 1 is 1.12 bits per heavy atom. The molecule has 1 fully saturated rings. The van der Waals surface area contributed by atoms with Crippen molar-refractivity contribution in [2.24, 2.45) is 0 Å². The summed E-state index contributed by atoms with van der Waals surface area (Å²) in [7, 11) is 0. The fourth-order valence-electron chi connectivity index (χ4n) is 4.53. The lowest BCUT2D eigenvalue weighted by Crippen LogP contribution is -2.49. The van der Waals surface area contributed by atoms with Crippen LogP contribution in [-0.2, 0) is 22.6 Å². The van der Waals surface area contributed by atoms with Gasteiger partial charge in [0, 0.05) is 18.3 Å². The quantitative estimate of drug-likeness (QED) is 0.476. The number of aromatic nitrogens is 3. The van der Waals surface area contributed by atoms with Gasteiger partial charge in [0.2, 0.25) is 0 Å². The summed E-state index contributed by atoms with van der Waals surface area (Å²) in [4.78, 5) is 23.5. The molecular weight excluding hydrogens is 430 g/mol. The topological polar surface area (TPSA) is 95.5 Å². The molecule has 2 N–H and O–H groups in total. The van der Waals surface area contributed by atoms with Crippen LogP contribution in [0.25, 0.3) is 22.2 Å². The third-order valence-electron chi connectivity index (χ3n) is 6.15. The molecule has 1 atom stereocenters. The summed E-state index contributed by atoms with van der Waals surface area (Å²) < 4.78 is 13.7. The number of nitrogen functional groups attached to an aromatic ring is 1. The molecule has 0 aliphatic carbocycles. The molecule has 1 saturated heterocycles. The van der Waals surface area contributed by atoms with Crippen molar-refractivity contribution in [1.82, 2.24) is 19.4 Å². The van der Waals surface area contributed by atoms with Crippen LogP contribution in [-0.4, -0.2) is 43.9 Å². The van der Waals surface area contributed by atoms with E-state index in [2.05, 4.69) is 9.97 Å². The molecule has 0 saturated carbocycles. The van der Waals surface area contributed by atoms with Crippen LogP contribution in [0.2, 0.25) is 0 Å². The highest BCUT2D eigenvalue weighted by atomic mass is 16.6. The number of anilines is 1. The van der Waals surface area contributed by atoms with Crippen LogP contribution >= 0.6 is 0 Å². The lowest BCUT2D eigenvalue weighted by Gasteiger charge is -2.32. The number of nitrogens with two attached hydrogens (primary N) is 1. The van der Waals surface area contributed by atoms with Crippen LogP contribution < -0.4 is 5.73 Å². The Hall–Kier alpha value is -3.91. The molecule has 4 aromatic rings. The number of hydrogen-bond donors (Lipinski definition) is 1. The van der Waals surface area contributed by atoms with Crippen LogP contribution in [0.1, 0.15) is 19.4 Å². The number of carbonyl (C=O) groups excluding carboxylic acids is 1. The first-order valence-electron chi connectivity index (χ1n) is 11.2. The Morgan fingerprint density at radius 2 is 1.82 bits per heavy atom. The summed E-state index contributed by atoms with van der Waals surface area (Å²) in [5, 5.41) is 0.796. The third kappa shape index (κ3) is 4.08. The molecular formula is C26H27N5O3. The van der Waals surface area contributed by atoms with E-state index in [0.29, 0.717) is 24.6 Å². The monoisotopic (exact) mass is 457 g/mol. The second kappa shape index (κ2) is 8.79. The summed E-state index contributed by atoms with van der Waals surface area (Å²) in [6, 6.07) is 19.4. The summed E-state index contributed by atoms with van der Waals surface area (Å²) in [6.07, 6.45) is 3.07. The molecule has 2 aromatic heterocycles. The Bertz CT molecular complexity index is 1300. The maximum absolute atomic E-state index is 13.1. The van der Waals surface area contributed by atoms with Gasteiger partial charge < -0.3 is 19.8 Å². The summed E-state index contributed by atoms with van der Waals surface area (Å²) in [6.45, 7) is 4.81. The van der Waals surface area contributed by atoms with Crippen molar-refractivity contribution in [2.75, 3.05) is 12.3 Å². The van der Waals surface area contributed by atoms with Gasteiger partial charge in [-0.3, -0.25) is 4.90 Å². The number of ether oxygens (including phenoxy) is 2. The molecule has 1 unspecified atom stereocenters. The van der Waals surface area contributed by atoms with E-state index in [-0.39, 0.29) is 12.6 Å². The van der Waals surface area contributed by atoms with Gasteiger partial charge in [-0.25, -0.2) is 14.8 Å². The van der Waals surface area contributed by atoms with E-state index in [9.17, 15) is 4.79 Å². The van der Waals surface area contributed by atoms with Crippen molar-refractivity contribution < 1.29 is 14.3 Å². The Morgan fingerprint density at radius 3 is 2.56 bits per heavy atom. The molecule has 1 aliphatic rings. The molecule has 174 valence electrons. The predicted molar refractivity (Wildman–Crippen MR) is 130 cm³/mol. The van der Waals surface area contributed by atoms with E-state index in [4.69, 9.17) is 15.2 Å². The first kappa shape index (κ1) is 21.9. The summed E-state index contributed by atoms with van der Waals surface area (Å²) in [5.41, 5.74) is 9.08. The fourth-order valence-corrected chi connectivity index (χ4v) is 4.53. The highest BCUT2D eigenvalue weighted by Gasteiger charge is 2.45. The minimum Gasteiger partial charge on any atom is -0.444 e. The normalized spacial score (nSPS) is 17.2. The van der Waals surface area contributed by atoms with Crippen molar-refractivity contribution in [1.29, 1.82) is 0 Å². The zero-order valence-corrected chi connectivity index (χ0v) is 19.2. The van der Waals surface area contributed by atoms with Gasteiger partial charge in [0.15, 0.2) is 0 Å². The molecule has 5 rings (SSSR count). The SMILES string of the molecule is CC1(C)OCC(Cn2cc(-c3ccccc3)c3c(N)ncnc32)N1C(=O)OCc1ccccc1. The minimum atomic E-state index is -0.794. The number of carbonyl (C=O) groups is 1. The largest absolute Gasteiger partial charge is 0.444 e. The molecule has 1 aliphatic heterocycles. The number of hydrogen-bond acceptors (Lipinski definition) is 6. The molecule has 0 bridgehead atoms. The molecule has 8 nitrogen and oxygen atoms in total. The van der Waals surface area contributed by atoms with Gasteiger partial charge >= 0.3 is 6.09 Å². The van der Waals surface area contributed by atoms with E-state index in [1.165, 1.54) is 6.33 Å². The maximum atomic E-state index is 13.1. The van der Waals surface area contributed by atoms with Crippen molar-refractivity contribution in [3.63, 3.8) is 0 Å². The molecule has 34 heavy (non-hydrogen) atoms. The highest BCUT2D eigenvalue weighted by Crippen LogP contribution is 2.34. The van der Waals surface area contributed by atoms with E-state index >= 15 is 0 Å². The van der Waals surface area contributed by atoms with E-state index in [1.54, 1.807) is 4.90 Å². The van der Waals surface area contributed by atoms with E-state index in [0.717, 1.165) is 22.1 Å². The van der Waals surface area contributed by atoms with E-state index < -0.39 is 11.8 Å². The Kier molecular flexibility index (Phi) is 5.67. The van der Waals surface area contributed by atoms with E-state index in [1.807, 2.05) is 85.3 Å². The molecule has 3 heterocycles. The first-order valence-corrected chi connectivity index (χ1v) is 11.2. The second-order valence-corrected chi connectivity index (χ2v) is 8.84. The summed E-state index contributed by atoms with van der Waals surface area (Å²) >= 11 is 0. The van der Waals surface area contributed by atoms with Crippen LogP contribution in [0.15, 0.2) is 73.2 Å². The Balaban J connectivity index is 1.44. The average molecular weight is 458 g/mol. The van der Waals surface area contributed by atoms with Gasteiger partial charge in [0.25, 0.3) is 0 Å². The van der Waals surface area contributed by atoms with Crippen molar-refractivity contribution in [2.45, 2.75) is 38.8 Å². The molecule has 2 aromatic carbocycles. The zero-order chi connectivity index (χ0) is 23.7. The molecule has 0 spiro atoms. The van der Waals surface area contributed by atoms with Crippen LogP contribution in [0.3, 0.4) is 0 Å². The van der Waals surface area contributed by atoms with Gasteiger partial charge in [-0.05, 0) is 25.0 Å². The van der Waals surface area contributed by atoms with Crippen LogP contribution in [0.5, 0.6) is 0 Å². The highest BCUT2D eigenvalue weighted by molar-refractivity contribution is 6.00. The lowest BCUT2D eigenvalue weighted by atomic mass is 10.1. The smallest absolute Gasteiger partial charge is 0.412 e. The zero-order valence-electron chi connectivity index (χ0n) is 19.2. The maximum Gasteiger partial charge on any atom is 0.412 e. The number of fused-ring (bicyclic) bond motifs is 1. The van der Waals surface area contributed by atoms with Crippen molar-refractivity contribution >= 4 is 22.9 Å². The lowest BCUT2D eigenvalue weighted by molar-refractivity contribution is -0.0496. The van der Waals surface area contributed by atoms with Crippen molar-refractivity contribution in [3.05, 3.63) is 78.8 Å². The number of rotatable bonds is 5.